The first-order valence-corrected chi connectivity index (χ1v) is 2.59. The first-order valence-electron chi connectivity index (χ1n) is 2.59. The molecule has 0 fully saturated rings. The average molecular weight is 169 g/mol. The van der Waals surface area contributed by atoms with Crippen molar-refractivity contribution in [1.29, 1.82) is 5.41 Å². The predicted octanol–water partition coefficient (Wildman–Crippen LogP) is 1.13. The van der Waals surface area contributed by atoms with Gasteiger partial charge in [0.1, 0.15) is 5.71 Å². The lowest BCUT2D eigenvalue weighted by atomic mass is 10.3. The summed E-state index contributed by atoms with van der Waals surface area (Å²) in [4.78, 5) is 10.2. The van der Waals surface area contributed by atoms with Gasteiger partial charge in [-0.3, -0.25) is 4.79 Å². The topological polar surface area (TPSA) is 50.2 Å². The van der Waals surface area contributed by atoms with E-state index in [2.05, 4.69) is 4.74 Å². The van der Waals surface area contributed by atoms with E-state index in [9.17, 15) is 18.0 Å². The first kappa shape index (κ1) is 9.93. The number of carbonyl (C=O) groups is 1. The van der Waals surface area contributed by atoms with Crippen LogP contribution in [0.5, 0.6) is 0 Å². The number of ether oxygens (including phenoxy) is 1. The molecule has 0 aromatic carbocycles. The molecule has 0 unspecified atom stereocenters. The molecule has 1 N–H and O–H groups in total. The third-order valence-corrected chi connectivity index (χ3v) is 0.891. The molecule has 0 aliphatic heterocycles. The molecule has 0 aliphatic rings. The van der Waals surface area contributed by atoms with Gasteiger partial charge in [-0.2, -0.15) is 13.2 Å². The normalized spacial score (nSPS) is 10.9. The van der Waals surface area contributed by atoms with Crippen LogP contribution in [0, 0.1) is 5.41 Å². The molecule has 3 nitrogen and oxygen atoms in total. The minimum Gasteiger partial charge on any atom is -0.469 e. The average Bonchev–Trinajstić information content (AvgIpc) is 1.85. The molecule has 0 aliphatic carbocycles. The molecule has 0 rings (SSSR count). The highest BCUT2D eigenvalue weighted by atomic mass is 19.4. The number of halogens is 3. The Bertz CT molecular complexity index is 175. The van der Waals surface area contributed by atoms with Crippen LogP contribution < -0.4 is 0 Å². The fourth-order valence-electron chi connectivity index (χ4n) is 0.317. The zero-order valence-corrected chi connectivity index (χ0v) is 5.66. The molecule has 0 amide bonds. The zero-order valence-electron chi connectivity index (χ0n) is 5.66. The van der Waals surface area contributed by atoms with Crippen molar-refractivity contribution in [3.63, 3.8) is 0 Å². The molecule has 0 spiro atoms. The van der Waals surface area contributed by atoms with Crippen LogP contribution in [-0.2, 0) is 9.53 Å². The van der Waals surface area contributed by atoms with Gasteiger partial charge in [0.2, 0.25) is 0 Å². The Labute approximate surface area is 60.7 Å². The van der Waals surface area contributed by atoms with Crippen molar-refractivity contribution in [3.8, 4) is 0 Å². The second-order valence-electron chi connectivity index (χ2n) is 1.73. The van der Waals surface area contributed by atoms with E-state index in [1.165, 1.54) is 0 Å². The highest BCUT2D eigenvalue weighted by Gasteiger charge is 2.35. The third kappa shape index (κ3) is 3.59. The molecule has 11 heavy (non-hydrogen) atoms. The van der Waals surface area contributed by atoms with Crippen LogP contribution in [0.1, 0.15) is 6.42 Å². The summed E-state index contributed by atoms with van der Waals surface area (Å²) in [5.74, 6) is -1.06. The summed E-state index contributed by atoms with van der Waals surface area (Å²) in [5, 5.41) is 6.35. The number of nitrogens with one attached hydrogen (secondary N) is 1. The molecule has 0 saturated carbocycles. The highest BCUT2D eigenvalue weighted by Crippen LogP contribution is 2.18. The highest BCUT2D eigenvalue weighted by molar-refractivity contribution is 6.00. The van der Waals surface area contributed by atoms with E-state index in [1.807, 2.05) is 0 Å². The van der Waals surface area contributed by atoms with Gasteiger partial charge in [-0.05, 0) is 0 Å². The summed E-state index contributed by atoms with van der Waals surface area (Å²) in [7, 11) is 0.964. The van der Waals surface area contributed by atoms with Crippen molar-refractivity contribution < 1.29 is 22.7 Å². The SMILES string of the molecule is COC(=O)CC(=N)C(F)(F)F. The fourth-order valence-corrected chi connectivity index (χ4v) is 0.317. The van der Waals surface area contributed by atoms with E-state index < -0.39 is 24.3 Å². The minimum absolute atomic E-state index is 0.964. The monoisotopic (exact) mass is 169 g/mol. The standard InChI is InChI=1S/C5H6F3NO2/c1-11-4(10)2-3(9)5(6,7)8/h9H,2H2,1H3. The molecule has 0 radical (unpaired) electrons. The molecular formula is C5H6F3NO2. The van der Waals surface area contributed by atoms with Gasteiger partial charge in [0.25, 0.3) is 0 Å². The minimum atomic E-state index is -4.73. The molecule has 0 saturated heterocycles. The van der Waals surface area contributed by atoms with Gasteiger partial charge >= 0.3 is 12.1 Å². The van der Waals surface area contributed by atoms with Gasteiger partial charge < -0.3 is 10.1 Å². The molecule has 6 heteroatoms. The van der Waals surface area contributed by atoms with Crippen LogP contribution in [-0.4, -0.2) is 25.0 Å². The number of rotatable bonds is 2. The Morgan fingerprint density at radius 1 is 1.55 bits per heavy atom. The quantitative estimate of drug-likeness (QED) is 0.497. The van der Waals surface area contributed by atoms with Gasteiger partial charge in [-0.1, -0.05) is 0 Å². The third-order valence-electron chi connectivity index (χ3n) is 0.891. The maximum atomic E-state index is 11.5. The number of methoxy groups -OCH3 is 1. The Morgan fingerprint density at radius 3 is 2.27 bits per heavy atom. The second-order valence-corrected chi connectivity index (χ2v) is 1.73. The zero-order chi connectivity index (χ0) is 9.07. The van der Waals surface area contributed by atoms with E-state index >= 15 is 0 Å². The summed E-state index contributed by atoms with van der Waals surface area (Å²) >= 11 is 0. The molecule has 0 atom stereocenters. The molecule has 0 heterocycles. The molecule has 0 aromatic heterocycles. The largest absolute Gasteiger partial charge is 0.469 e. The van der Waals surface area contributed by atoms with Gasteiger partial charge in [-0.15, -0.1) is 0 Å². The maximum Gasteiger partial charge on any atom is 0.429 e. The van der Waals surface area contributed by atoms with Crippen molar-refractivity contribution >= 4 is 11.7 Å². The lowest BCUT2D eigenvalue weighted by Crippen LogP contribution is -2.25. The van der Waals surface area contributed by atoms with E-state index in [0.717, 1.165) is 7.11 Å². The predicted molar refractivity (Wildman–Crippen MR) is 30.4 cm³/mol. The van der Waals surface area contributed by atoms with Gasteiger partial charge in [-0.25, -0.2) is 0 Å². The fraction of sp³-hybridized carbons (Fsp3) is 0.600. The summed E-state index contributed by atoms with van der Waals surface area (Å²) in [6, 6.07) is 0. The van der Waals surface area contributed by atoms with Gasteiger partial charge in [0.15, 0.2) is 0 Å². The maximum absolute atomic E-state index is 11.5. The van der Waals surface area contributed by atoms with Crippen molar-refractivity contribution in [2.45, 2.75) is 12.6 Å². The summed E-state index contributed by atoms with van der Waals surface area (Å²) in [6.45, 7) is 0. The van der Waals surface area contributed by atoms with Crippen LogP contribution in [0.15, 0.2) is 0 Å². The van der Waals surface area contributed by atoms with Crippen molar-refractivity contribution in [3.05, 3.63) is 0 Å². The van der Waals surface area contributed by atoms with Crippen molar-refractivity contribution in [2.75, 3.05) is 7.11 Å². The van der Waals surface area contributed by atoms with Crippen LogP contribution in [0.25, 0.3) is 0 Å². The van der Waals surface area contributed by atoms with Crippen LogP contribution >= 0.6 is 0 Å². The van der Waals surface area contributed by atoms with Crippen molar-refractivity contribution in [1.82, 2.24) is 0 Å². The van der Waals surface area contributed by atoms with Gasteiger partial charge in [0, 0.05) is 0 Å². The van der Waals surface area contributed by atoms with Crippen LogP contribution in [0.2, 0.25) is 0 Å². The Hall–Kier alpha value is -1.07. The Morgan fingerprint density at radius 2 is 2.00 bits per heavy atom. The van der Waals surface area contributed by atoms with Crippen LogP contribution in [0.4, 0.5) is 13.2 Å². The van der Waals surface area contributed by atoms with Crippen molar-refractivity contribution in [2.24, 2.45) is 0 Å². The first-order chi connectivity index (χ1) is 4.88. The summed E-state index contributed by atoms with van der Waals surface area (Å²) in [5.41, 5.74) is -1.59. The van der Waals surface area contributed by atoms with E-state index in [4.69, 9.17) is 5.41 Å². The molecule has 64 valence electrons. The number of hydrogen-bond donors (Lipinski definition) is 1. The Kier molecular flexibility index (Phi) is 3.03. The van der Waals surface area contributed by atoms with E-state index in [0.29, 0.717) is 0 Å². The summed E-state index contributed by atoms with van der Waals surface area (Å²) < 4.78 is 38.5. The number of esters is 1. The number of alkyl halides is 3. The second kappa shape index (κ2) is 3.36. The lowest BCUT2D eigenvalue weighted by molar-refractivity contribution is -0.140. The number of hydrogen-bond acceptors (Lipinski definition) is 3. The number of carbonyl (C=O) groups excluding carboxylic acids is 1. The molecular weight excluding hydrogens is 163 g/mol. The van der Waals surface area contributed by atoms with E-state index in [1.54, 1.807) is 0 Å². The van der Waals surface area contributed by atoms with Crippen LogP contribution in [0.3, 0.4) is 0 Å². The smallest absolute Gasteiger partial charge is 0.429 e. The summed E-state index contributed by atoms with van der Waals surface area (Å²) in [6.07, 6.45) is -5.76. The van der Waals surface area contributed by atoms with Gasteiger partial charge in [0.05, 0.1) is 13.5 Å². The molecule has 0 bridgehead atoms. The van der Waals surface area contributed by atoms with E-state index in [-0.39, 0.29) is 0 Å². The lowest BCUT2D eigenvalue weighted by Gasteiger charge is -2.05. The Balaban J connectivity index is 3.99. The molecule has 0 aromatic rings.